The highest BCUT2D eigenvalue weighted by atomic mass is 35.5. The molecule has 0 aromatic carbocycles. The summed E-state index contributed by atoms with van der Waals surface area (Å²) in [5.41, 5.74) is 1.40. The number of aryl methyl sites for hydroxylation is 2. The molecule has 130 valence electrons. The van der Waals surface area contributed by atoms with Crippen molar-refractivity contribution in [2.24, 2.45) is 0 Å². The molecular formula is C15H19ClN4O3S. The number of rotatable bonds is 4. The van der Waals surface area contributed by atoms with E-state index in [0.29, 0.717) is 49.2 Å². The van der Waals surface area contributed by atoms with E-state index in [4.69, 9.17) is 16.1 Å². The van der Waals surface area contributed by atoms with Gasteiger partial charge in [-0.3, -0.25) is 9.88 Å². The third-order valence-corrected chi connectivity index (χ3v) is 6.63. The normalized spacial score (nSPS) is 17.3. The van der Waals surface area contributed by atoms with Gasteiger partial charge in [0.25, 0.3) is 0 Å². The summed E-state index contributed by atoms with van der Waals surface area (Å²) < 4.78 is 32.1. The number of hydrogen-bond donors (Lipinski definition) is 0. The first-order valence-corrected chi connectivity index (χ1v) is 9.45. The fourth-order valence-corrected chi connectivity index (χ4v) is 4.77. The van der Waals surface area contributed by atoms with Crippen LogP contribution in [0.5, 0.6) is 0 Å². The number of sulfonamides is 1. The molecule has 1 aliphatic heterocycles. The molecule has 1 fully saturated rings. The third kappa shape index (κ3) is 3.32. The van der Waals surface area contributed by atoms with E-state index in [1.165, 1.54) is 4.31 Å². The lowest BCUT2D eigenvalue weighted by atomic mass is 10.2. The number of halogens is 1. The van der Waals surface area contributed by atoms with Crippen LogP contribution >= 0.6 is 11.6 Å². The number of nitrogens with zero attached hydrogens (tertiary/aromatic N) is 4. The summed E-state index contributed by atoms with van der Waals surface area (Å²) >= 11 is 6.13. The Hall–Kier alpha value is -1.48. The summed E-state index contributed by atoms with van der Waals surface area (Å²) in [5, 5.41) is 4.37. The van der Waals surface area contributed by atoms with Gasteiger partial charge < -0.3 is 4.52 Å². The predicted octanol–water partition coefficient (Wildman–Crippen LogP) is 1.85. The smallest absolute Gasteiger partial charge is 0.248 e. The van der Waals surface area contributed by atoms with Crippen molar-refractivity contribution in [2.75, 3.05) is 26.2 Å². The van der Waals surface area contributed by atoms with Gasteiger partial charge in [-0.05, 0) is 25.5 Å². The van der Waals surface area contributed by atoms with Crippen LogP contribution in [0.25, 0.3) is 0 Å². The molecule has 0 atom stereocenters. The van der Waals surface area contributed by atoms with Gasteiger partial charge in [-0.25, -0.2) is 8.42 Å². The highest BCUT2D eigenvalue weighted by molar-refractivity contribution is 7.89. The molecule has 9 heteroatoms. The Balaban J connectivity index is 1.68. The molecular weight excluding hydrogens is 352 g/mol. The van der Waals surface area contributed by atoms with Crippen LogP contribution in [-0.2, 0) is 16.6 Å². The molecule has 0 radical (unpaired) electrons. The van der Waals surface area contributed by atoms with Crippen molar-refractivity contribution < 1.29 is 12.9 Å². The van der Waals surface area contributed by atoms with Crippen molar-refractivity contribution in [3.8, 4) is 0 Å². The molecule has 0 unspecified atom stereocenters. The lowest BCUT2D eigenvalue weighted by molar-refractivity contribution is 0.181. The van der Waals surface area contributed by atoms with Gasteiger partial charge in [-0.2, -0.15) is 4.31 Å². The van der Waals surface area contributed by atoms with Gasteiger partial charge in [-0.15, -0.1) is 0 Å². The van der Waals surface area contributed by atoms with Crippen LogP contribution in [0, 0.1) is 13.8 Å². The average molecular weight is 371 g/mol. The molecule has 0 saturated carbocycles. The zero-order valence-corrected chi connectivity index (χ0v) is 15.1. The second-order valence-electron chi connectivity index (χ2n) is 5.80. The molecule has 24 heavy (non-hydrogen) atoms. The lowest BCUT2D eigenvalue weighted by Crippen LogP contribution is -2.48. The fraction of sp³-hybridized carbons (Fsp3) is 0.467. The summed E-state index contributed by atoms with van der Waals surface area (Å²) in [6.07, 6.45) is 3.33. The van der Waals surface area contributed by atoms with Gasteiger partial charge in [0.1, 0.15) is 10.6 Å². The van der Waals surface area contributed by atoms with E-state index >= 15 is 0 Å². The predicted molar refractivity (Wildman–Crippen MR) is 89.3 cm³/mol. The minimum atomic E-state index is -3.57. The Kier molecular flexibility index (Phi) is 4.91. The van der Waals surface area contributed by atoms with Crippen LogP contribution in [0.2, 0.25) is 5.02 Å². The third-order valence-electron chi connectivity index (χ3n) is 4.15. The molecule has 0 amide bonds. The Morgan fingerprint density at radius 2 is 1.96 bits per heavy atom. The number of pyridine rings is 1. The monoisotopic (exact) mass is 370 g/mol. The quantitative estimate of drug-likeness (QED) is 0.817. The van der Waals surface area contributed by atoms with Crippen LogP contribution in [0.15, 0.2) is 27.9 Å². The van der Waals surface area contributed by atoms with Gasteiger partial charge in [0.2, 0.25) is 10.0 Å². The Labute approximate surface area is 146 Å². The van der Waals surface area contributed by atoms with Crippen LogP contribution in [0.4, 0.5) is 0 Å². The number of hydrogen-bond acceptors (Lipinski definition) is 6. The molecule has 3 rings (SSSR count). The summed E-state index contributed by atoms with van der Waals surface area (Å²) in [7, 11) is -3.57. The SMILES string of the molecule is Cc1noc(C)c1S(=O)(=O)N1CCN(Cc2ccncc2Cl)CC1. The van der Waals surface area contributed by atoms with E-state index < -0.39 is 10.0 Å². The van der Waals surface area contributed by atoms with Gasteiger partial charge in [0, 0.05) is 45.1 Å². The Bertz CT molecular complexity index is 809. The van der Waals surface area contributed by atoms with E-state index in [2.05, 4.69) is 15.0 Å². The van der Waals surface area contributed by atoms with Gasteiger partial charge in [0.15, 0.2) is 5.76 Å². The molecule has 1 aliphatic rings. The van der Waals surface area contributed by atoms with Crippen molar-refractivity contribution in [3.05, 3.63) is 40.5 Å². The fourth-order valence-electron chi connectivity index (χ4n) is 2.87. The molecule has 3 heterocycles. The van der Waals surface area contributed by atoms with E-state index in [1.807, 2.05) is 6.07 Å². The van der Waals surface area contributed by atoms with Crippen molar-refractivity contribution in [1.29, 1.82) is 0 Å². The van der Waals surface area contributed by atoms with Gasteiger partial charge in [0.05, 0.1) is 5.02 Å². The zero-order valence-electron chi connectivity index (χ0n) is 13.6. The maximum absolute atomic E-state index is 12.8. The molecule has 7 nitrogen and oxygen atoms in total. The van der Waals surface area contributed by atoms with Crippen LogP contribution in [-0.4, -0.2) is 53.9 Å². The Morgan fingerprint density at radius 3 is 2.54 bits per heavy atom. The van der Waals surface area contributed by atoms with E-state index in [-0.39, 0.29) is 4.90 Å². The second kappa shape index (κ2) is 6.79. The van der Waals surface area contributed by atoms with E-state index in [0.717, 1.165) is 5.56 Å². The molecule has 0 N–H and O–H groups in total. The van der Waals surface area contributed by atoms with Crippen molar-refractivity contribution >= 4 is 21.6 Å². The lowest BCUT2D eigenvalue weighted by Gasteiger charge is -2.34. The highest BCUT2D eigenvalue weighted by Crippen LogP contribution is 2.25. The summed E-state index contributed by atoms with van der Waals surface area (Å²) in [4.78, 5) is 6.34. The van der Waals surface area contributed by atoms with Crippen LogP contribution in [0.3, 0.4) is 0 Å². The molecule has 0 aliphatic carbocycles. The molecule has 1 saturated heterocycles. The zero-order chi connectivity index (χ0) is 17.3. The first-order chi connectivity index (χ1) is 11.4. The summed E-state index contributed by atoms with van der Waals surface area (Å²) in [6, 6.07) is 1.88. The van der Waals surface area contributed by atoms with Crippen molar-refractivity contribution in [3.63, 3.8) is 0 Å². The number of piperazine rings is 1. The van der Waals surface area contributed by atoms with E-state index in [1.54, 1.807) is 26.2 Å². The molecule has 2 aromatic heterocycles. The topological polar surface area (TPSA) is 79.5 Å². The first kappa shape index (κ1) is 17.3. The molecule has 0 bridgehead atoms. The highest BCUT2D eigenvalue weighted by Gasteiger charge is 2.33. The maximum Gasteiger partial charge on any atom is 0.248 e. The van der Waals surface area contributed by atoms with Gasteiger partial charge >= 0.3 is 0 Å². The second-order valence-corrected chi connectivity index (χ2v) is 8.08. The van der Waals surface area contributed by atoms with Crippen LogP contribution in [0.1, 0.15) is 17.0 Å². The summed E-state index contributed by atoms with van der Waals surface area (Å²) in [6.45, 7) is 6.08. The van der Waals surface area contributed by atoms with Crippen molar-refractivity contribution in [1.82, 2.24) is 19.3 Å². The maximum atomic E-state index is 12.8. The molecule has 2 aromatic rings. The standard InChI is InChI=1S/C15H19ClN4O3S/c1-11-15(12(2)23-18-11)24(21,22)20-7-5-19(6-8-20)10-13-3-4-17-9-14(13)16/h3-4,9H,5-8,10H2,1-2H3. The van der Waals surface area contributed by atoms with Gasteiger partial charge in [-0.1, -0.05) is 16.8 Å². The Morgan fingerprint density at radius 1 is 1.25 bits per heavy atom. The van der Waals surface area contributed by atoms with E-state index in [9.17, 15) is 8.42 Å². The van der Waals surface area contributed by atoms with Crippen LogP contribution < -0.4 is 0 Å². The number of aromatic nitrogens is 2. The first-order valence-electron chi connectivity index (χ1n) is 7.63. The largest absolute Gasteiger partial charge is 0.360 e. The molecule has 0 spiro atoms. The minimum absolute atomic E-state index is 0.188. The minimum Gasteiger partial charge on any atom is -0.360 e. The van der Waals surface area contributed by atoms with Crippen molar-refractivity contribution in [2.45, 2.75) is 25.3 Å². The average Bonchev–Trinajstić information content (AvgIpc) is 2.89. The summed E-state index contributed by atoms with van der Waals surface area (Å²) in [5.74, 6) is 0.332.